The molecule has 0 spiro atoms. The molecular formula is C28H33N5O4. The summed E-state index contributed by atoms with van der Waals surface area (Å²) in [4.78, 5) is 38.6. The number of carbonyl (C=O) groups excluding carboxylic acids is 3. The van der Waals surface area contributed by atoms with Crippen LogP contribution in [0.3, 0.4) is 0 Å². The molecule has 1 aromatic carbocycles. The SMILES string of the molecule is C[C@]12CC3CC(n4cc(COc5cccc6c5CN(C5CCC(=O)NC5=O)C6=O)nn4)(C1)C[C@@](C)(C3)C2. The molecular weight excluding hydrogens is 470 g/mol. The Balaban J connectivity index is 1.08. The highest BCUT2D eigenvalue weighted by Crippen LogP contribution is 2.68. The van der Waals surface area contributed by atoms with Crippen LogP contribution in [-0.2, 0) is 28.3 Å². The summed E-state index contributed by atoms with van der Waals surface area (Å²) >= 11 is 0. The third-order valence-electron chi connectivity index (χ3n) is 9.54. The van der Waals surface area contributed by atoms with Gasteiger partial charge in [-0.25, -0.2) is 4.68 Å². The number of hydrogen-bond donors (Lipinski definition) is 1. The van der Waals surface area contributed by atoms with E-state index in [2.05, 4.69) is 40.4 Å². The van der Waals surface area contributed by atoms with Crippen LogP contribution < -0.4 is 10.1 Å². The summed E-state index contributed by atoms with van der Waals surface area (Å²) in [6.45, 7) is 5.46. The predicted molar refractivity (Wildman–Crippen MR) is 132 cm³/mol. The highest BCUT2D eigenvalue weighted by atomic mass is 16.5. The first kappa shape index (κ1) is 22.9. The molecule has 8 rings (SSSR count). The molecule has 194 valence electrons. The van der Waals surface area contributed by atoms with Crippen LogP contribution in [0.25, 0.3) is 0 Å². The molecule has 6 aliphatic rings. The average Bonchev–Trinajstić information content (AvgIpc) is 3.41. The number of aromatic nitrogens is 3. The molecule has 3 heterocycles. The number of amides is 3. The first-order chi connectivity index (χ1) is 17.6. The topological polar surface area (TPSA) is 106 Å². The van der Waals surface area contributed by atoms with Crippen molar-refractivity contribution in [2.45, 2.75) is 89.9 Å². The maximum absolute atomic E-state index is 13.1. The van der Waals surface area contributed by atoms with Crippen LogP contribution in [0.4, 0.5) is 0 Å². The molecule has 4 aliphatic carbocycles. The normalized spacial score (nSPS) is 36.2. The number of ether oxygens (including phenoxy) is 1. The molecule has 3 unspecified atom stereocenters. The van der Waals surface area contributed by atoms with Crippen LogP contribution >= 0.6 is 0 Å². The summed E-state index contributed by atoms with van der Waals surface area (Å²) in [7, 11) is 0. The molecule has 4 saturated carbocycles. The van der Waals surface area contributed by atoms with Gasteiger partial charge in [0.15, 0.2) is 0 Å². The van der Waals surface area contributed by atoms with E-state index in [-0.39, 0.29) is 36.9 Å². The van der Waals surface area contributed by atoms with Crippen molar-refractivity contribution in [1.29, 1.82) is 0 Å². The number of nitrogens with zero attached hydrogens (tertiary/aromatic N) is 4. The zero-order valence-electron chi connectivity index (χ0n) is 21.5. The molecule has 1 N–H and O–H groups in total. The summed E-state index contributed by atoms with van der Waals surface area (Å²) in [6.07, 6.45) is 10.1. The number of imide groups is 1. The van der Waals surface area contributed by atoms with Gasteiger partial charge >= 0.3 is 0 Å². The van der Waals surface area contributed by atoms with E-state index in [9.17, 15) is 14.4 Å². The van der Waals surface area contributed by atoms with Crippen LogP contribution in [0.1, 0.15) is 86.8 Å². The van der Waals surface area contributed by atoms with Gasteiger partial charge in [-0.3, -0.25) is 19.7 Å². The number of piperidine rings is 1. The highest BCUT2D eigenvalue weighted by Gasteiger charge is 2.61. The van der Waals surface area contributed by atoms with Crippen molar-refractivity contribution < 1.29 is 19.1 Å². The quantitative estimate of drug-likeness (QED) is 0.628. The Bertz CT molecular complexity index is 1320. The largest absolute Gasteiger partial charge is 0.487 e. The third-order valence-corrected chi connectivity index (χ3v) is 9.54. The highest BCUT2D eigenvalue weighted by molar-refractivity contribution is 6.05. The summed E-state index contributed by atoms with van der Waals surface area (Å²) in [5.74, 6) is 0.477. The molecule has 37 heavy (non-hydrogen) atoms. The van der Waals surface area contributed by atoms with Crippen molar-refractivity contribution in [1.82, 2.24) is 25.2 Å². The van der Waals surface area contributed by atoms with Crippen LogP contribution in [0.2, 0.25) is 0 Å². The second kappa shape index (κ2) is 7.65. The molecule has 1 saturated heterocycles. The second-order valence-corrected chi connectivity index (χ2v) is 13.0. The van der Waals surface area contributed by atoms with Crippen molar-refractivity contribution in [2.75, 3.05) is 0 Å². The Kier molecular flexibility index (Phi) is 4.74. The molecule has 9 heteroatoms. The van der Waals surface area contributed by atoms with Crippen molar-refractivity contribution in [3.63, 3.8) is 0 Å². The third kappa shape index (κ3) is 3.61. The summed E-state index contributed by atoms with van der Waals surface area (Å²) < 4.78 is 8.32. The van der Waals surface area contributed by atoms with Crippen molar-refractivity contribution in [2.24, 2.45) is 16.7 Å². The van der Waals surface area contributed by atoms with E-state index >= 15 is 0 Å². The van der Waals surface area contributed by atoms with E-state index in [1.165, 1.54) is 38.5 Å². The number of carbonyl (C=O) groups is 3. The van der Waals surface area contributed by atoms with Gasteiger partial charge in [0.1, 0.15) is 24.1 Å². The number of hydrogen-bond acceptors (Lipinski definition) is 6. The van der Waals surface area contributed by atoms with Gasteiger partial charge in [0.2, 0.25) is 11.8 Å². The van der Waals surface area contributed by atoms with E-state index in [0.717, 1.165) is 17.2 Å². The van der Waals surface area contributed by atoms with Crippen LogP contribution in [0.15, 0.2) is 24.4 Å². The molecule has 0 radical (unpaired) electrons. The number of rotatable bonds is 5. The Labute approximate surface area is 215 Å². The molecule has 9 nitrogen and oxygen atoms in total. The van der Waals surface area contributed by atoms with Gasteiger partial charge in [-0.05, 0) is 73.8 Å². The Morgan fingerprint density at radius 2 is 1.86 bits per heavy atom. The zero-order valence-corrected chi connectivity index (χ0v) is 21.5. The first-order valence-electron chi connectivity index (χ1n) is 13.5. The second-order valence-electron chi connectivity index (χ2n) is 13.0. The molecule has 5 atom stereocenters. The Morgan fingerprint density at radius 3 is 2.59 bits per heavy atom. The fourth-order valence-electron chi connectivity index (χ4n) is 9.08. The first-order valence-corrected chi connectivity index (χ1v) is 13.5. The Hall–Kier alpha value is -3.23. The lowest BCUT2D eigenvalue weighted by Gasteiger charge is -2.65. The van der Waals surface area contributed by atoms with Crippen LogP contribution in [-0.4, -0.2) is 43.7 Å². The van der Waals surface area contributed by atoms with E-state index in [1.807, 2.05) is 6.07 Å². The standard InChI is InChI=1S/C28H33N5O4/c1-26-8-17-9-27(2,14-26)16-28(10-17,15-26)33-11-18(30-31-33)13-37-22-5-3-4-19-20(22)12-32(25(19)36)21-6-7-23(34)29-24(21)35/h3-5,11,17,21H,6-10,12-16H2,1-2H3,(H,29,34,35)/t17?,21?,26-,27+,28?. The lowest BCUT2D eigenvalue weighted by Crippen LogP contribution is -2.59. The van der Waals surface area contributed by atoms with Gasteiger partial charge in [-0.2, -0.15) is 0 Å². The molecule has 4 bridgehead atoms. The predicted octanol–water partition coefficient (Wildman–Crippen LogP) is 3.32. The number of fused-ring (bicyclic) bond motifs is 1. The summed E-state index contributed by atoms with van der Waals surface area (Å²) in [6, 6.07) is 4.77. The summed E-state index contributed by atoms with van der Waals surface area (Å²) in [5.41, 5.74) is 2.92. The van der Waals surface area contributed by atoms with E-state index < -0.39 is 11.9 Å². The smallest absolute Gasteiger partial charge is 0.255 e. The minimum absolute atomic E-state index is 0.0526. The average molecular weight is 504 g/mol. The fraction of sp³-hybridized carbons (Fsp3) is 0.607. The minimum atomic E-state index is -0.644. The lowest BCUT2D eigenvalue weighted by atomic mass is 9.43. The van der Waals surface area contributed by atoms with Crippen LogP contribution in [0.5, 0.6) is 5.75 Å². The van der Waals surface area contributed by atoms with Crippen LogP contribution in [0, 0.1) is 16.7 Å². The maximum Gasteiger partial charge on any atom is 0.255 e. The number of nitrogens with one attached hydrogen (secondary N) is 1. The van der Waals surface area contributed by atoms with Gasteiger partial charge in [0, 0.05) is 17.5 Å². The monoisotopic (exact) mass is 503 g/mol. The lowest BCUT2D eigenvalue weighted by molar-refractivity contribution is -0.140. The minimum Gasteiger partial charge on any atom is -0.487 e. The zero-order chi connectivity index (χ0) is 25.6. The number of benzene rings is 1. The van der Waals surface area contributed by atoms with Crippen molar-refractivity contribution >= 4 is 17.7 Å². The van der Waals surface area contributed by atoms with Gasteiger partial charge < -0.3 is 9.64 Å². The summed E-state index contributed by atoms with van der Waals surface area (Å²) in [5, 5.41) is 11.4. The van der Waals surface area contributed by atoms with E-state index in [1.54, 1.807) is 17.0 Å². The Morgan fingerprint density at radius 1 is 1.08 bits per heavy atom. The fourth-order valence-corrected chi connectivity index (χ4v) is 9.08. The van der Waals surface area contributed by atoms with Gasteiger partial charge in [0.05, 0.1) is 18.3 Å². The van der Waals surface area contributed by atoms with Gasteiger partial charge in [-0.1, -0.05) is 25.1 Å². The van der Waals surface area contributed by atoms with Gasteiger partial charge in [-0.15, -0.1) is 5.10 Å². The molecule has 5 fully saturated rings. The maximum atomic E-state index is 13.1. The van der Waals surface area contributed by atoms with Crippen molar-refractivity contribution in [3.05, 3.63) is 41.2 Å². The molecule has 2 aliphatic heterocycles. The van der Waals surface area contributed by atoms with Gasteiger partial charge in [0.25, 0.3) is 5.91 Å². The van der Waals surface area contributed by atoms with E-state index in [0.29, 0.717) is 28.6 Å². The molecule has 3 amide bonds. The van der Waals surface area contributed by atoms with E-state index in [4.69, 9.17) is 4.74 Å². The molecule has 1 aromatic heterocycles. The van der Waals surface area contributed by atoms with Crippen molar-refractivity contribution in [3.8, 4) is 5.75 Å². The molecule has 2 aromatic rings.